The summed E-state index contributed by atoms with van der Waals surface area (Å²) in [5, 5.41) is 8.30. The van der Waals surface area contributed by atoms with Gasteiger partial charge in [-0.3, -0.25) is 19.2 Å². The van der Waals surface area contributed by atoms with Crippen LogP contribution in [0.5, 0.6) is 0 Å². The molecule has 0 radical (unpaired) electrons. The van der Waals surface area contributed by atoms with Gasteiger partial charge in [0.1, 0.15) is 18.7 Å². The molecule has 41 heavy (non-hydrogen) atoms. The van der Waals surface area contributed by atoms with Gasteiger partial charge in [-0.05, 0) is 54.9 Å². The number of Topliss-reactive ketones (excluding diaryl/α,β-unsaturated/α-hetero) is 1. The van der Waals surface area contributed by atoms with Crippen LogP contribution in [-0.2, 0) is 30.5 Å². The number of hydrogen-bond donors (Lipinski definition) is 3. The molecule has 2 aliphatic carbocycles. The van der Waals surface area contributed by atoms with Crippen LogP contribution in [0.1, 0.15) is 78.2 Å². The third kappa shape index (κ3) is 7.65. The van der Waals surface area contributed by atoms with E-state index in [9.17, 15) is 24.0 Å². The van der Waals surface area contributed by atoms with Gasteiger partial charge >= 0.3 is 6.09 Å². The van der Waals surface area contributed by atoms with Gasteiger partial charge in [-0.15, -0.1) is 0 Å². The van der Waals surface area contributed by atoms with Gasteiger partial charge in [0.05, 0.1) is 6.04 Å². The fourth-order valence-electron chi connectivity index (χ4n) is 6.02. The van der Waals surface area contributed by atoms with E-state index in [1.807, 2.05) is 58.0 Å². The van der Waals surface area contributed by atoms with Crippen molar-refractivity contribution in [3.05, 3.63) is 35.9 Å². The number of hydrogen-bond acceptors (Lipinski definition) is 6. The second-order valence-electron chi connectivity index (χ2n) is 12.8. The van der Waals surface area contributed by atoms with Crippen molar-refractivity contribution in [3.63, 3.8) is 0 Å². The maximum absolute atomic E-state index is 14.1. The molecule has 4 rings (SSSR count). The SMILES string of the molecule is CCC[C@H](NC(=O)[C@@H]1[C@H]2CCC[C@H]2CN1C(=O)[C@@H](NC(=O)OCc1ccccc1)C(C)(C)C)C(=O)C(=O)NC1CC1. The minimum Gasteiger partial charge on any atom is -0.445 e. The number of alkyl carbamates (subject to hydrolysis) is 1. The lowest BCUT2D eigenvalue weighted by atomic mass is 9.85. The third-order valence-electron chi connectivity index (χ3n) is 8.38. The molecule has 0 aromatic heterocycles. The molecule has 10 heteroatoms. The van der Waals surface area contributed by atoms with Crippen molar-refractivity contribution in [1.82, 2.24) is 20.9 Å². The Balaban J connectivity index is 1.48. The zero-order chi connectivity index (χ0) is 29.7. The number of fused-ring (bicyclic) bond motifs is 1. The fraction of sp³-hybridized carbons (Fsp3) is 0.645. The molecule has 224 valence electrons. The van der Waals surface area contributed by atoms with E-state index >= 15 is 0 Å². The Kier molecular flexibility index (Phi) is 9.71. The molecule has 1 saturated heterocycles. The Labute approximate surface area is 242 Å². The van der Waals surface area contributed by atoms with E-state index in [4.69, 9.17) is 4.74 Å². The Morgan fingerprint density at radius 3 is 2.34 bits per heavy atom. The van der Waals surface area contributed by atoms with E-state index in [-0.39, 0.29) is 30.4 Å². The molecule has 10 nitrogen and oxygen atoms in total. The van der Waals surface area contributed by atoms with Crippen LogP contribution in [0.4, 0.5) is 4.79 Å². The molecular weight excluding hydrogens is 524 g/mol. The number of ketones is 1. The van der Waals surface area contributed by atoms with Crippen LogP contribution in [-0.4, -0.2) is 65.2 Å². The van der Waals surface area contributed by atoms with E-state index in [2.05, 4.69) is 16.0 Å². The van der Waals surface area contributed by atoms with Crippen LogP contribution < -0.4 is 16.0 Å². The van der Waals surface area contributed by atoms with Crippen LogP contribution in [0, 0.1) is 17.3 Å². The van der Waals surface area contributed by atoms with Crippen molar-refractivity contribution in [3.8, 4) is 0 Å². The predicted molar refractivity (Wildman–Crippen MR) is 152 cm³/mol. The van der Waals surface area contributed by atoms with E-state index in [0.29, 0.717) is 19.4 Å². The summed E-state index contributed by atoms with van der Waals surface area (Å²) in [4.78, 5) is 67.7. The van der Waals surface area contributed by atoms with Crippen molar-refractivity contribution in [2.45, 2.75) is 103 Å². The highest BCUT2D eigenvalue weighted by Gasteiger charge is 2.52. The van der Waals surface area contributed by atoms with Gasteiger partial charge in [0, 0.05) is 12.6 Å². The fourth-order valence-corrected chi connectivity index (χ4v) is 6.02. The molecule has 1 aliphatic heterocycles. The summed E-state index contributed by atoms with van der Waals surface area (Å²) in [5.74, 6) is -1.97. The monoisotopic (exact) mass is 568 g/mol. The summed E-state index contributed by atoms with van der Waals surface area (Å²) >= 11 is 0. The quantitative estimate of drug-likeness (QED) is 0.351. The summed E-state index contributed by atoms with van der Waals surface area (Å²) in [5.41, 5.74) is 0.163. The van der Waals surface area contributed by atoms with E-state index < -0.39 is 47.2 Å². The number of amides is 4. The number of carbonyl (C=O) groups is 5. The summed E-state index contributed by atoms with van der Waals surface area (Å²) < 4.78 is 5.40. The highest BCUT2D eigenvalue weighted by Crippen LogP contribution is 2.43. The Morgan fingerprint density at radius 1 is 1.00 bits per heavy atom. The van der Waals surface area contributed by atoms with Crippen molar-refractivity contribution < 1.29 is 28.7 Å². The smallest absolute Gasteiger partial charge is 0.408 e. The molecule has 1 heterocycles. The molecule has 3 fully saturated rings. The van der Waals surface area contributed by atoms with Gasteiger partial charge in [-0.25, -0.2) is 4.79 Å². The lowest BCUT2D eigenvalue weighted by molar-refractivity contribution is -0.144. The average molecular weight is 569 g/mol. The number of rotatable bonds is 11. The van der Waals surface area contributed by atoms with Gasteiger partial charge in [0.25, 0.3) is 5.91 Å². The molecule has 1 aromatic carbocycles. The van der Waals surface area contributed by atoms with Crippen LogP contribution in [0.25, 0.3) is 0 Å². The second-order valence-corrected chi connectivity index (χ2v) is 12.8. The normalized spacial score (nSPS) is 23.2. The van der Waals surface area contributed by atoms with Crippen LogP contribution in [0.15, 0.2) is 30.3 Å². The molecular formula is C31H44N4O6. The van der Waals surface area contributed by atoms with Gasteiger partial charge in [0.15, 0.2) is 0 Å². The third-order valence-corrected chi connectivity index (χ3v) is 8.38. The predicted octanol–water partition coefficient (Wildman–Crippen LogP) is 3.09. The van der Waals surface area contributed by atoms with Crippen molar-refractivity contribution in [1.29, 1.82) is 0 Å². The molecule has 0 unspecified atom stereocenters. The van der Waals surface area contributed by atoms with Gasteiger partial charge in [0.2, 0.25) is 17.6 Å². The molecule has 0 spiro atoms. The lowest BCUT2D eigenvalue weighted by Gasteiger charge is -2.36. The maximum atomic E-state index is 14.1. The Hall–Kier alpha value is -3.43. The lowest BCUT2D eigenvalue weighted by Crippen LogP contribution is -2.60. The number of nitrogens with one attached hydrogen (secondary N) is 3. The molecule has 0 bridgehead atoms. The Morgan fingerprint density at radius 2 is 1.71 bits per heavy atom. The minimum atomic E-state index is -0.951. The van der Waals surface area contributed by atoms with Gasteiger partial charge < -0.3 is 25.6 Å². The zero-order valence-electron chi connectivity index (χ0n) is 24.6. The minimum absolute atomic E-state index is 0.0350. The number of carbonyl (C=O) groups excluding carboxylic acids is 5. The van der Waals surface area contributed by atoms with E-state index in [1.165, 1.54) is 0 Å². The van der Waals surface area contributed by atoms with Crippen molar-refractivity contribution in [2.24, 2.45) is 17.3 Å². The topological polar surface area (TPSA) is 134 Å². The zero-order valence-corrected chi connectivity index (χ0v) is 24.6. The van der Waals surface area contributed by atoms with Gasteiger partial charge in [-0.1, -0.05) is 70.9 Å². The number of likely N-dealkylation sites (tertiary alicyclic amines) is 1. The largest absolute Gasteiger partial charge is 0.445 e. The average Bonchev–Trinajstić information content (AvgIpc) is 3.50. The van der Waals surface area contributed by atoms with Crippen LogP contribution in [0.2, 0.25) is 0 Å². The summed E-state index contributed by atoms with van der Waals surface area (Å²) in [6.07, 6.45) is 4.61. The van der Waals surface area contributed by atoms with Crippen LogP contribution >= 0.6 is 0 Å². The number of nitrogens with zero attached hydrogens (tertiary/aromatic N) is 1. The molecule has 5 atom stereocenters. The first kappa shape index (κ1) is 30.5. The first-order valence-corrected chi connectivity index (χ1v) is 14.9. The van der Waals surface area contributed by atoms with Gasteiger partial charge in [-0.2, -0.15) is 0 Å². The van der Waals surface area contributed by atoms with E-state index in [0.717, 1.165) is 37.7 Å². The van der Waals surface area contributed by atoms with Crippen LogP contribution in [0.3, 0.4) is 0 Å². The molecule has 1 aromatic rings. The molecule has 3 N–H and O–H groups in total. The van der Waals surface area contributed by atoms with Crippen molar-refractivity contribution in [2.75, 3.05) is 6.54 Å². The summed E-state index contributed by atoms with van der Waals surface area (Å²) in [6, 6.07) is 6.64. The standard InChI is InChI=1S/C31H44N4O6/c1-5-10-23(25(36)28(38)32-21-15-16-21)33-27(37)24-22-14-9-13-20(22)17-35(24)29(39)26(31(2,3)4)34-30(40)41-18-19-11-7-6-8-12-19/h6-8,11-12,20-24,26H,5,9-10,13-18H2,1-4H3,(H,32,38)(H,33,37)(H,34,40)/t20-,22-,23-,24-,26+/m0/s1. The molecule has 2 saturated carbocycles. The second kappa shape index (κ2) is 13.0. The summed E-state index contributed by atoms with van der Waals surface area (Å²) in [7, 11) is 0. The molecule has 4 amide bonds. The maximum Gasteiger partial charge on any atom is 0.408 e. The number of benzene rings is 1. The highest BCUT2D eigenvalue weighted by atomic mass is 16.5. The highest BCUT2D eigenvalue weighted by molar-refractivity contribution is 6.38. The first-order valence-electron chi connectivity index (χ1n) is 14.9. The molecule has 3 aliphatic rings. The Bertz CT molecular complexity index is 1130. The summed E-state index contributed by atoms with van der Waals surface area (Å²) in [6.45, 7) is 7.93. The first-order chi connectivity index (χ1) is 19.5. The van der Waals surface area contributed by atoms with Crippen molar-refractivity contribution >= 4 is 29.6 Å². The number of ether oxygens (including phenoxy) is 1. The van der Waals surface area contributed by atoms with E-state index in [1.54, 1.807) is 4.90 Å².